The second-order valence-electron chi connectivity index (χ2n) is 6.36. The maximum absolute atomic E-state index is 6.38. The third-order valence-corrected chi connectivity index (χ3v) is 5.05. The number of hydrogen-bond acceptors (Lipinski definition) is 2. The van der Waals surface area contributed by atoms with Gasteiger partial charge in [0, 0.05) is 12.1 Å². The summed E-state index contributed by atoms with van der Waals surface area (Å²) in [6, 6.07) is 0.736. The summed E-state index contributed by atoms with van der Waals surface area (Å²) in [5, 5.41) is 0. The van der Waals surface area contributed by atoms with Gasteiger partial charge in [-0.25, -0.2) is 0 Å². The quantitative estimate of drug-likeness (QED) is 0.790. The molecule has 0 aromatic rings. The molecule has 0 saturated heterocycles. The standard InChI is InChI=1S/C15H30N2/c16-14(12-7-3-1-4-8-12)11-15(17)13-9-5-2-6-10-13/h12-15H,1-11,16-17H2. The lowest BCUT2D eigenvalue weighted by molar-refractivity contribution is 0.240. The summed E-state index contributed by atoms with van der Waals surface area (Å²) in [6.45, 7) is 0. The topological polar surface area (TPSA) is 52.0 Å². The first kappa shape index (κ1) is 13.4. The molecule has 100 valence electrons. The maximum Gasteiger partial charge on any atom is 0.00819 e. The van der Waals surface area contributed by atoms with E-state index in [1.165, 1.54) is 64.2 Å². The molecule has 2 heteroatoms. The van der Waals surface area contributed by atoms with Crippen LogP contribution in [0.5, 0.6) is 0 Å². The fourth-order valence-corrected chi connectivity index (χ4v) is 3.82. The molecule has 2 atom stereocenters. The molecule has 0 radical (unpaired) electrons. The minimum atomic E-state index is 0.368. The lowest BCUT2D eigenvalue weighted by Crippen LogP contribution is -2.41. The second kappa shape index (κ2) is 6.75. The average Bonchev–Trinajstić information content (AvgIpc) is 2.40. The molecule has 2 aliphatic rings. The van der Waals surface area contributed by atoms with Crippen molar-refractivity contribution in [2.45, 2.75) is 82.7 Å². The smallest absolute Gasteiger partial charge is 0.00819 e. The first-order valence-electron chi connectivity index (χ1n) is 7.78. The molecule has 0 aromatic carbocycles. The van der Waals surface area contributed by atoms with E-state index in [0.717, 1.165) is 18.3 Å². The highest BCUT2D eigenvalue weighted by Crippen LogP contribution is 2.31. The van der Waals surface area contributed by atoms with E-state index in [9.17, 15) is 0 Å². The fourth-order valence-electron chi connectivity index (χ4n) is 3.82. The van der Waals surface area contributed by atoms with Crippen LogP contribution in [0.25, 0.3) is 0 Å². The minimum Gasteiger partial charge on any atom is -0.327 e. The van der Waals surface area contributed by atoms with Gasteiger partial charge < -0.3 is 11.5 Å². The van der Waals surface area contributed by atoms with Gasteiger partial charge in [-0.1, -0.05) is 38.5 Å². The highest BCUT2D eigenvalue weighted by atomic mass is 14.7. The Bertz CT molecular complexity index is 183. The van der Waals surface area contributed by atoms with E-state index in [2.05, 4.69) is 0 Å². The van der Waals surface area contributed by atoms with Crippen molar-refractivity contribution in [3.63, 3.8) is 0 Å². The summed E-state index contributed by atoms with van der Waals surface area (Å²) >= 11 is 0. The van der Waals surface area contributed by atoms with Crippen molar-refractivity contribution in [1.29, 1.82) is 0 Å². The normalized spacial score (nSPS) is 27.9. The highest BCUT2D eigenvalue weighted by molar-refractivity contribution is 4.84. The molecule has 0 amide bonds. The summed E-state index contributed by atoms with van der Waals surface area (Å²) in [5.74, 6) is 1.52. The van der Waals surface area contributed by atoms with E-state index in [4.69, 9.17) is 11.5 Å². The van der Waals surface area contributed by atoms with E-state index < -0.39 is 0 Å². The van der Waals surface area contributed by atoms with Gasteiger partial charge in [-0.15, -0.1) is 0 Å². The summed E-state index contributed by atoms with van der Waals surface area (Å²) in [5.41, 5.74) is 12.8. The van der Waals surface area contributed by atoms with Crippen molar-refractivity contribution < 1.29 is 0 Å². The average molecular weight is 238 g/mol. The van der Waals surface area contributed by atoms with Crippen molar-refractivity contribution in [1.82, 2.24) is 0 Å². The van der Waals surface area contributed by atoms with Gasteiger partial charge in [0.1, 0.15) is 0 Å². The van der Waals surface area contributed by atoms with Crippen LogP contribution in [0.4, 0.5) is 0 Å². The molecular formula is C15H30N2. The number of hydrogen-bond donors (Lipinski definition) is 2. The van der Waals surface area contributed by atoms with Crippen LogP contribution in [0, 0.1) is 11.8 Å². The van der Waals surface area contributed by atoms with E-state index in [1.54, 1.807) is 0 Å². The molecule has 17 heavy (non-hydrogen) atoms. The van der Waals surface area contributed by atoms with Gasteiger partial charge in [-0.3, -0.25) is 0 Å². The van der Waals surface area contributed by atoms with Gasteiger partial charge in [-0.2, -0.15) is 0 Å². The molecule has 0 heterocycles. The SMILES string of the molecule is NC(CC(N)C1CCCCC1)C1CCCCC1. The van der Waals surface area contributed by atoms with Crippen LogP contribution < -0.4 is 11.5 Å². The van der Waals surface area contributed by atoms with Gasteiger partial charge in [0.15, 0.2) is 0 Å². The number of nitrogens with two attached hydrogens (primary N) is 2. The monoisotopic (exact) mass is 238 g/mol. The Morgan fingerprint density at radius 3 is 1.35 bits per heavy atom. The van der Waals surface area contributed by atoms with Gasteiger partial charge >= 0.3 is 0 Å². The summed E-state index contributed by atoms with van der Waals surface area (Å²) in [6.07, 6.45) is 14.8. The lowest BCUT2D eigenvalue weighted by atomic mass is 9.77. The Morgan fingerprint density at radius 1 is 0.647 bits per heavy atom. The Hall–Kier alpha value is -0.0800. The minimum absolute atomic E-state index is 0.368. The molecule has 2 fully saturated rings. The lowest BCUT2D eigenvalue weighted by Gasteiger charge is -2.33. The Balaban J connectivity index is 1.74. The van der Waals surface area contributed by atoms with Crippen LogP contribution in [0.1, 0.15) is 70.6 Å². The molecule has 2 unspecified atom stereocenters. The zero-order valence-corrected chi connectivity index (χ0v) is 11.2. The Kier molecular flexibility index (Phi) is 5.30. The van der Waals surface area contributed by atoms with Crippen molar-refractivity contribution in [2.75, 3.05) is 0 Å². The fraction of sp³-hybridized carbons (Fsp3) is 1.00. The maximum atomic E-state index is 6.38. The van der Waals surface area contributed by atoms with E-state index in [1.807, 2.05) is 0 Å². The molecule has 2 nitrogen and oxygen atoms in total. The highest BCUT2D eigenvalue weighted by Gasteiger charge is 2.26. The third kappa shape index (κ3) is 3.96. The molecule has 0 spiro atoms. The molecule has 2 aliphatic carbocycles. The van der Waals surface area contributed by atoms with Gasteiger partial charge in [-0.05, 0) is 43.9 Å². The van der Waals surface area contributed by atoms with Crippen molar-refractivity contribution in [3.05, 3.63) is 0 Å². The second-order valence-corrected chi connectivity index (χ2v) is 6.36. The molecule has 4 N–H and O–H groups in total. The Labute approximate surface area is 107 Å². The molecule has 0 aromatic heterocycles. The summed E-state index contributed by atoms with van der Waals surface area (Å²) < 4.78 is 0. The van der Waals surface area contributed by atoms with Crippen LogP contribution >= 0.6 is 0 Å². The van der Waals surface area contributed by atoms with Crippen molar-refractivity contribution in [2.24, 2.45) is 23.3 Å². The van der Waals surface area contributed by atoms with Gasteiger partial charge in [0.05, 0.1) is 0 Å². The molecule has 0 bridgehead atoms. The van der Waals surface area contributed by atoms with E-state index >= 15 is 0 Å². The third-order valence-electron chi connectivity index (χ3n) is 5.05. The van der Waals surface area contributed by atoms with Crippen molar-refractivity contribution >= 4 is 0 Å². The molecular weight excluding hydrogens is 208 g/mol. The van der Waals surface area contributed by atoms with E-state index in [0.29, 0.717) is 12.1 Å². The first-order chi connectivity index (χ1) is 8.27. The molecule has 2 saturated carbocycles. The predicted octanol–water partition coefficient (Wildman–Crippen LogP) is 3.19. The van der Waals surface area contributed by atoms with Crippen LogP contribution in [-0.2, 0) is 0 Å². The predicted molar refractivity (Wildman–Crippen MR) is 73.7 cm³/mol. The van der Waals surface area contributed by atoms with Gasteiger partial charge in [0.25, 0.3) is 0 Å². The molecule has 0 aliphatic heterocycles. The van der Waals surface area contributed by atoms with Gasteiger partial charge in [0.2, 0.25) is 0 Å². The van der Waals surface area contributed by atoms with Crippen molar-refractivity contribution in [3.8, 4) is 0 Å². The van der Waals surface area contributed by atoms with Crippen LogP contribution in [-0.4, -0.2) is 12.1 Å². The zero-order chi connectivity index (χ0) is 12.1. The molecule has 2 rings (SSSR count). The van der Waals surface area contributed by atoms with Crippen LogP contribution in [0.3, 0.4) is 0 Å². The van der Waals surface area contributed by atoms with Crippen LogP contribution in [0.2, 0.25) is 0 Å². The largest absolute Gasteiger partial charge is 0.327 e. The Morgan fingerprint density at radius 2 is 1.00 bits per heavy atom. The van der Waals surface area contributed by atoms with E-state index in [-0.39, 0.29) is 0 Å². The van der Waals surface area contributed by atoms with Crippen LogP contribution in [0.15, 0.2) is 0 Å². The zero-order valence-electron chi connectivity index (χ0n) is 11.2. The first-order valence-corrected chi connectivity index (χ1v) is 7.78. The summed E-state index contributed by atoms with van der Waals surface area (Å²) in [4.78, 5) is 0. The number of rotatable bonds is 4. The summed E-state index contributed by atoms with van der Waals surface area (Å²) in [7, 11) is 0.